The summed E-state index contributed by atoms with van der Waals surface area (Å²) < 4.78 is 18.5. The summed E-state index contributed by atoms with van der Waals surface area (Å²) in [6, 6.07) is 9.21. The Kier molecular flexibility index (Phi) is 2.45. The summed E-state index contributed by atoms with van der Waals surface area (Å²) in [5, 5.41) is 0.499. The van der Waals surface area contributed by atoms with Crippen LogP contribution < -0.4 is 5.73 Å². The SMILES string of the molecule is Nc1cc(Cl)cc(-c2nc3ccc(F)cc3o2)c1. The second-order valence-electron chi connectivity index (χ2n) is 3.90. The molecule has 0 unspecified atom stereocenters. The first-order chi connectivity index (χ1) is 8.61. The Morgan fingerprint density at radius 3 is 2.78 bits per heavy atom. The minimum Gasteiger partial charge on any atom is -0.436 e. The third kappa shape index (κ3) is 1.91. The molecule has 1 aromatic heterocycles. The first kappa shape index (κ1) is 11.0. The molecular formula is C13H8ClFN2O. The van der Waals surface area contributed by atoms with Gasteiger partial charge in [-0.1, -0.05) is 11.6 Å². The van der Waals surface area contributed by atoms with Gasteiger partial charge in [-0.25, -0.2) is 9.37 Å². The number of aromatic nitrogens is 1. The third-order valence-electron chi connectivity index (χ3n) is 2.52. The van der Waals surface area contributed by atoms with Gasteiger partial charge in [-0.15, -0.1) is 0 Å². The lowest BCUT2D eigenvalue weighted by Crippen LogP contribution is -1.86. The molecule has 5 heteroatoms. The number of fused-ring (bicyclic) bond motifs is 1. The fraction of sp³-hybridized carbons (Fsp3) is 0. The van der Waals surface area contributed by atoms with Crippen LogP contribution in [0.15, 0.2) is 40.8 Å². The van der Waals surface area contributed by atoms with Crippen LogP contribution in [0.1, 0.15) is 0 Å². The Morgan fingerprint density at radius 1 is 1.17 bits per heavy atom. The Morgan fingerprint density at radius 2 is 2.00 bits per heavy atom. The number of nitrogen functional groups attached to an aromatic ring is 1. The van der Waals surface area contributed by atoms with Crippen LogP contribution in [0.3, 0.4) is 0 Å². The first-order valence-electron chi connectivity index (χ1n) is 5.24. The molecule has 0 atom stereocenters. The van der Waals surface area contributed by atoms with Crippen LogP contribution in [0.25, 0.3) is 22.6 Å². The molecule has 0 aliphatic heterocycles. The summed E-state index contributed by atoms with van der Waals surface area (Å²) in [4.78, 5) is 4.26. The second kappa shape index (κ2) is 3.99. The van der Waals surface area contributed by atoms with Crippen molar-refractivity contribution in [1.29, 1.82) is 0 Å². The molecule has 0 radical (unpaired) electrons. The Bertz CT molecular complexity index is 719. The van der Waals surface area contributed by atoms with Gasteiger partial charge in [0.15, 0.2) is 5.58 Å². The van der Waals surface area contributed by atoms with Gasteiger partial charge in [0.25, 0.3) is 0 Å². The van der Waals surface area contributed by atoms with Crippen LogP contribution in [0.2, 0.25) is 5.02 Å². The fourth-order valence-electron chi connectivity index (χ4n) is 1.76. The normalized spacial score (nSPS) is 11.0. The van der Waals surface area contributed by atoms with Crippen LogP contribution in [0.4, 0.5) is 10.1 Å². The molecule has 3 nitrogen and oxygen atoms in total. The highest BCUT2D eigenvalue weighted by molar-refractivity contribution is 6.31. The lowest BCUT2D eigenvalue weighted by Gasteiger charge is -1.98. The molecule has 1 heterocycles. The maximum Gasteiger partial charge on any atom is 0.227 e. The minimum atomic E-state index is -0.365. The average molecular weight is 263 g/mol. The average Bonchev–Trinajstić information content (AvgIpc) is 2.70. The van der Waals surface area contributed by atoms with E-state index in [2.05, 4.69) is 4.98 Å². The zero-order valence-corrected chi connectivity index (χ0v) is 9.91. The monoisotopic (exact) mass is 262 g/mol. The van der Waals surface area contributed by atoms with Gasteiger partial charge in [0.1, 0.15) is 11.3 Å². The van der Waals surface area contributed by atoms with Crippen molar-refractivity contribution >= 4 is 28.4 Å². The van der Waals surface area contributed by atoms with Gasteiger partial charge in [-0.05, 0) is 30.3 Å². The predicted molar refractivity (Wildman–Crippen MR) is 68.8 cm³/mol. The number of hydrogen-bond donors (Lipinski definition) is 1. The van der Waals surface area contributed by atoms with Crippen LogP contribution in [0, 0.1) is 5.82 Å². The van der Waals surface area contributed by atoms with Gasteiger partial charge in [0.2, 0.25) is 5.89 Å². The van der Waals surface area contributed by atoms with Gasteiger partial charge in [0, 0.05) is 22.3 Å². The van der Waals surface area contributed by atoms with E-state index >= 15 is 0 Å². The van der Waals surface area contributed by atoms with Gasteiger partial charge in [-0.3, -0.25) is 0 Å². The van der Waals surface area contributed by atoms with Crippen molar-refractivity contribution < 1.29 is 8.81 Å². The lowest BCUT2D eigenvalue weighted by molar-refractivity contribution is 0.602. The molecule has 90 valence electrons. The van der Waals surface area contributed by atoms with Crippen molar-refractivity contribution in [2.75, 3.05) is 5.73 Å². The van der Waals surface area contributed by atoms with E-state index in [1.165, 1.54) is 12.1 Å². The van der Waals surface area contributed by atoms with Crippen molar-refractivity contribution in [3.8, 4) is 11.5 Å². The van der Waals surface area contributed by atoms with Crippen LogP contribution in [-0.2, 0) is 0 Å². The lowest BCUT2D eigenvalue weighted by atomic mass is 10.2. The largest absolute Gasteiger partial charge is 0.436 e. The number of benzene rings is 2. The number of oxazole rings is 1. The third-order valence-corrected chi connectivity index (χ3v) is 2.74. The summed E-state index contributed by atoms with van der Waals surface area (Å²) in [6.07, 6.45) is 0. The van der Waals surface area contributed by atoms with Gasteiger partial charge < -0.3 is 10.2 Å². The molecule has 0 bridgehead atoms. The summed E-state index contributed by atoms with van der Waals surface area (Å²) in [5.74, 6) is 0.000563. The molecule has 0 spiro atoms. The van der Waals surface area contributed by atoms with E-state index in [-0.39, 0.29) is 5.82 Å². The Balaban J connectivity index is 2.19. The van der Waals surface area contributed by atoms with E-state index < -0.39 is 0 Å². The van der Waals surface area contributed by atoms with E-state index in [4.69, 9.17) is 21.8 Å². The number of nitrogens with zero attached hydrogens (tertiary/aromatic N) is 1. The van der Waals surface area contributed by atoms with E-state index in [0.717, 1.165) is 0 Å². The summed E-state index contributed by atoms with van der Waals surface area (Å²) in [6.45, 7) is 0. The molecule has 2 aromatic carbocycles. The van der Waals surface area contributed by atoms with Crippen molar-refractivity contribution in [3.05, 3.63) is 47.2 Å². The number of halogens is 2. The van der Waals surface area contributed by atoms with Crippen molar-refractivity contribution in [2.24, 2.45) is 0 Å². The summed E-state index contributed by atoms with van der Waals surface area (Å²) in [7, 11) is 0. The molecule has 0 saturated carbocycles. The highest BCUT2D eigenvalue weighted by atomic mass is 35.5. The first-order valence-corrected chi connectivity index (χ1v) is 5.62. The highest BCUT2D eigenvalue weighted by Gasteiger charge is 2.10. The molecule has 2 N–H and O–H groups in total. The fourth-order valence-corrected chi connectivity index (χ4v) is 2.00. The number of rotatable bonds is 1. The van der Waals surface area contributed by atoms with E-state index in [0.29, 0.717) is 33.3 Å². The van der Waals surface area contributed by atoms with Gasteiger partial charge >= 0.3 is 0 Å². The molecule has 3 rings (SSSR count). The summed E-state index contributed by atoms with van der Waals surface area (Å²) >= 11 is 5.91. The van der Waals surface area contributed by atoms with Crippen molar-refractivity contribution in [3.63, 3.8) is 0 Å². The Hall–Kier alpha value is -2.07. The Labute approximate surface area is 107 Å². The van der Waals surface area contributed by atoms with E-state index in [9.17, 15) is 4.39 Å². The van der Waals surface area contributed by atoms with Crippen molar-refractivity contribution in [1.82, 2.24) is 4.98 Å². The number of nitrogens with two attached hydrogens (primary N) is 1. The zero-order valence-electron chi connectivity index (χ0n) is 9.15. The standard InChI is InChI=1S/C13H8ClFN2O/c14-8-3-7(4-10(16)5-8)13-17-11-2-1-9(15)6-12(11)18-13/h1-6H,16H2. The van der Waals surface area contributed by atoms with Crippen LogP contribution in [0.5, 0.6) is 0 Å². The van der Waals surface area contributed by atoms with Crippen molar-refractivity contribution in [2.45, 2.75) is 0 Å². The molecule has 0 fully saturated rings. The molecule has 18 heavy (non-hydrogen) atoms. The molecular weight excluding hydrogens is 255 g/mol. The predicted octanol–water partition coefficient (Wildman–Crippen LogP) is 3.87. The van der Waals surface area contributed by atoms with E-state index in [1.807, 2.05) is 0 Å². The maximum atomic E-state index is 13.0. The van der Waals surface area contributed by atoms with E-state index in [1.54, 1.807) is 24.3 Å². The quantitative estimate of drug-likeness (QED) is 0.677. The molecule has 0 saturated heterocycles. The van der Waals surface area contributed by atoms with Gasteiger partial charge in [0.05, 0.1) is 0 Å². The molecule has 0 amide bonds. The number of hydrogen-bond acceptors (Lipinski definition) is 3. The molecule has 0 aliphatic rings. The maximum absolute atomic E-state index is 13.0. The topological polar surface area (TPSA) is 52.0 Å². The van der Waals surface area contributed by atoms with Crippen LogP contribution in [-0.4, -0.2) is 4.98 Å². The molecule has 0 aliphatic carbocycles. The second-order valence-corrected chi connectivity index (χ2v) is 4.34. The molecule has 3 aromatic rings. The zero-order chi connectivity index (χ0) is 12.7. The number of anilines is 1. The smallest absolute Gasteiger partial charge is 0.227 e. The van der Waals surface area contributed by atoms with Crippen LogP contribution >= 0.6 is 11.6 Å². The van der Waals surface area contributed by atoms with Gasteiger partial charge in [-0.2, -0.15) is 0 Å². The highest BCUT2D eigenvalue weighted by Crippen LogP contribution is 2.28. The summed E-state index contributed by atoms with van der Waals surface area (Å²) in [5.41, 5.74) is 7.86. The minimum absolute atomic E-state index is 0.365.